The van der Waals surface area contributed by atoms with Gasteiger partial charge in [0.1, 0.15) is 11.5 Å². The Morgan fingerprint density at radius 3 is 2.38 bits per heavy atom. The van der Waals surface area contributed by atoms with Crippen molar-refractivity contribution in [1.82, 2.24) is 4.90 Å². The number of para-hydroxylation sites is 1. The molecular weight excluding hydrogens is 531 g/mol. The summed E-state index contributed by atoms with van der Waals surface area (Å²) in [7, 11) is 1.35. The van der Waals surface area contributed by atoms with Gasteiger partial charge in [0.15, 0.2) is 23.1 Å². The van der Waals surface area contributed by atoms with Crippen molar-refractivity contribution in [3.8, 4) is 5.75 Å². The molecular formula is C35H27FN2O4. The number of amides is 1. The van der Waals surface area contributed by atoms with E-state index < -0.39 is 35.0 Å². The minimum absolute atomic E-state index is 0.00166. The van der Waals surface area contributed by atoms with Crippen molar-refractivity contribution < 1.29 is 23.5 Å². The van der Waals surface area contributed by atoms with Crippen molar-refractivity contribution in [2.75, 3.05) is 12.4 Å². The van der Waals surface area contributed by atoms with Gasteiger partial charge in [-0.3, -0.25) is 14.4 Å². The highest BCUT2D eigenvalue weighted by Gasteiger charge is 2.70. The maximum Gasteiger partial charge on any atom is 0.238 e. The number of ketones is 2. The summed E-state index contributed by atoms with van der Waals surface area (Å²) in [5.41, 5.74) is 2.98. The average molecular weight is 559 g/mol. The number of nitrogens with zero attached hydrogens (tertiary/aromatic N) is 1. The van der Waals surface area contributed by atoms with E-state index in [4.69, 9.17) is 4.74 Å². The molecule has 4 aromatic rings. The van der Waals surface area contributed by atoms with Crippen molar-refractivity contribution in [1.29, 1.82) is 0 Å². The summed E-state index contributed by atoms with van der Waals surface area (Å²) < 4.78 is 20.1. The fraction of sp³-hybridized carbons (Fsp3) is 0.171. The summed E-state index contributed by atoms with van der Waals surface area (Å²) in [4.78, 5) is 45.7. The van der Waals surface area contributed by atoms with Crippen molar-refractivity contribution >= 4 is 29.2 Å². The summed E-state index contributed by atoms with van der Waals surface area (Å²) in [6, 6.07) is 24.5. The molecule has 0 saturated carbocycles. The van der Waals surface area contributed by atoms with Gasteiger partial charge in [-0.05, 0) is 54.0 Å². The van der Waals surface area contributed by atoms with Gasteiger partial charge in [-0.15, -0.1) is 0 Å². The second kappa shape index (κ2) is 9.52. The molecule has 1 spiro atoms. The SMILES string of the molecule is COc1ccc(C(=O)[C@@H]2[C@H](C(=O)c3ccc(C)cc3)N3C=Cc4ccccc4[C@H]3[C@]23C(=O)Nc2ccccc23)cc1F. The van der Waals surface area contributed by atoms with E-state index >= 15 is 0 Å². The predicted octanol–water partition coefficient (Wildman–Crippen LogP) is 6.12. The molecule has 3 aliphatic heterocycles. The van der Waals surface area contributed by atoms with Crippen molar-refractivity contribution in [3.05, 3.63) is 136 Å². The number of aryl methyl sites for hydroxylation is 1. The highest BCUT2D eigenvalue weighted by Crippen LogP contribution is 2.62. The van der Waals surface area contributed by atoms with Crippen LogP contribution in [0.25, 0.3) is 6.08 Å². The van der Waals surface area contributed by atoms with E-state index in [0.717, 1.165) is 22.8 Å². The smallest absolute Gasteiger partial charge is 0.238 e. The average Bonchev–Trinajstić information content (AvgIpc) is 3.49. The lowest BCUT2D eigenvalue weighted by atomic mass is 9.62. The van der Waals surface area contributed by atoms with Crippen molar-refractivity contribution in [2.24, 2.45) is 5.92 Å². The first-order chi connectivity index (χ1) is 20.4. The zero-order valence-corrected chi connectivity index (χ0v) is 23.0. The van der Waals surface area contributed by atoms with E-state index in [1.807, 2.05) is 78.7 Å². The molecule has 0 aromatic heterocycles. The number of rotatable bonds is 5. The molecule has 0 aliphatic carbocycles. The van der Waals surface area contributed by atoms with Gasteiger partial charge < -0.3 is 15.0 Å². The molecule has 1 amide bonds. The van der Waals surface area contributed by atoms with E-state index in [1.165, 1.54) is 19.2 Å². The summed E-state index contributed by atoms with van der Waals surface area (Å²) in [5, 5.41) is 3.02. The van der Waals surface area contributed by atoms with Crippen LogP contribution in [0.4, 0.5) is 10.1 Å². The molecule has 3 aliphatic rings. The summed E-state index contributed by atoms with van der Waals surface area (Å²) >= 11 is 0. The van der Waals surface area contributed by atoms with Crippen LogP contribution < -0.4 is 10.1 Å². The second-order valence-corrected chi connectivity index (χ2v) is 11.0. The van der Waals surface area contributed by atoms with Crippen LogP contribution in [0.15, 0.2) is 97.2 Å². The Morgan fingerprint density at radius 1 is 0.905 bits per heavy atom. The summed E-state index contributed by atoms with van der Waals surface area (Å²) in [5.74, 6) is -3.02. The zero-order valence-electron chi connectivity index (χ0n) is 23.0. The van der Waals surface area contributed by atoms with Gasteiger partial charge in [0.05, 0.1) is 19.1 Å². The molecule has 7 rings (SSSR count). The Kier molecular flexibility index (Phi) is 5.87. The number of carbonyl (C=O) groups is 3. The lowest BCUT2D eigenvalue weighted by molar-refractivity contribution is -0.122. The zero-order chi connectivity index (χ0) is 29.2. The topological polar surface area (TPSA) is 75.7 Å². The highest BCUT2D eigenvalue weighted by atomic mass is 19.1. The number of hydrogen-bond donors (Lipinski definition) is 1. The molecule has 6 nitrogen and oxygen atoms in total. The number of hydrogen-bond acceptors (Lipinski definition) is 5. The third kappa shape index (κ3) is 3.52. The number of ether oxygens (including phenoxy) is 1. The number of halogens is 1. The van der Waals surface area contributed by atoms with Crippen LogP contribution in [-0.4, -0.2) is 35.5 Å². The van der Waals surface area contributed by atoms with Crippen molar-refractivity contribution in [2.45, 2.75) is 24.4 Å². The van der Waals surface area contributed by atoms with Crippen LogP contribution >= 0.6 is 0 Å². The second-order valence-electron chi connectivity index (χ2n) is 11.0. The third-order valence-electron chi connectivity index (χ3n) is 8.89. The standard InChI is InChI=1S/C35H27FN2O4/c1-20-11-13-22(14-12-20)32(40)30-29(31(39)23-15-16-28(42-2)26(36)19-23)35(25-9-5-6-10-27(25)37-34(35)41)33-24-8-4-3-7-21(24)17-18-38(30)33/h3-19,29-30,33H,1-2H3,(H,37,41)/t29-,30+,33-,35+/m0/s1. The Bertz CT molecular complexity index is 1810. The predicted molar refractivity (Wildman–Crippen MR) is 157 cm³/mol. The van der Waals surface area contributed by atoms with Gasteiger partial charge in [-0.2, -0.15) is 0 Å². The highest BCUT2D eigenvalue weighted by molar-refractivity contribution is 6.16. The van der Waals surface area contributed by atoms with Crippen molar-refractivity contribution in [3.63, 3.8) is 0 Å². The first-order valence-electron chi connectivity index (χ1n) is 13.8. The van der Waals surface area contributed by atoms with E-state index in [2.05, 4.69) is 5.32 Å². The lowest BCUT2D eigenvalue weighted by Gasteiger charge is -2.38. The van der Waals surface area contributed by atoms with E-state index in [0.29, 0.717) is 16.8 Å². The maximum absolute atomic E-state index is 15.0. The molecule has 1 N–H and O–H groups in total. The molecule has 0 bridgehead atoms. The number of methoxy groups -OCH3 is 1. The van der Waals surface area contributed by atoms with Gasteiger partial charge in [-0.25, -0.2) is 4.39 Å². The summed E-state index contributed by atoms with van der Waals surface area (Å²) in [6.45, 7) is 1.93. The molecule has 3 heterocycles. The normalized spacial score (nSPS) is 23.3. The number of nitrogens with one attached hydrogen (secondary N) is 1. The van der Waals surface area contributed by atoms with Gasteiger partial charge in [0.2, 0.25) is 5.91 Å². The molecule has 4 atom stereocenters. The molecule has 0 unspecified atom stereocenters. The molecule has 1 saturated heterocycles. The molecule has 1 fully saturated rings. The van der Waals surface area contributed by atoms with E-state index in [-0.39, 0.29) is 23.0 Å². The van der Waals surface area contributed by atoms with Crippen LogP contribution in [0.2, 0.25) is 0 Å². The van der Waals surface area contributed by atoms with Crippen LogP contribution in [0, 0.1) is 18.7 Å². The number of Topliss-reactive ketones (excluding diaryl/α,β-unsaturated/α-hetero) is 2. The number of carbonyl (C=O) groups excluding carboxylic acids is 3. The Balaban J connectivity index is 1.52. The van der Waals surface area contributed by atoms with Crippen LogP contribution in [-0.2, 0) is 10.2 Å². The maximum atomic E-state index is 15.0. The number of benzene rings is 4. The van der Waals surface area contributed by atoms with Gasteiger partial charge in [-0.1, -0.05) is 72.3 Å². The molecule has 0 radical (unpaired) electrons. The van der Waals surface area contributed by atoms with Crippen LogP contribution in [0.5, 0.6) is 5.75 Å². The quantitative estimate of drug-likeness (QED) is 0.299. The van der Waals surface area contributed by atoms with E-state index in [9.17, 15) is 18.8 Å². The van der Waals surface area contributed by atoms with Crippen LogP contribution in [0.3, 0.4) is 0 Å². The largest absolute Gasteiger partial charge is 0.494 e. The fourth-order valence-corrected chi connectivity index (χ4v) is 7.06. The van der Waals surface area contributed by atoms with Gasteiger partial charge >= 0.3 is 0 Å². The van der Waals surface area contributed by atoms with E-state index in [1.54, 1.807) is 18.2 Å². The van der Waals surface area contributed by atoms with Gasteiger partial charge in [0, 0.05) is 23.0 Å². The third-order valence-corrected chi connectivity index (χ3v) is 8.89. The molecule has 4 aromatic carbocycles. The lowest BCUT2D eigenvalue weighted by Crippen LogP contribution is -2.49. The minimum Gasteiger partial charge on any atom is -0.494 e. The molecule has 7 heteroatoms. The monoisotopic (exact) mass is 558 g/mol. The number of fused-ring (bicyclic) bond motifs is 6. The number of anilines is 1. The minimum atomic E-state index is -1.48. The molecule has 42 heavy (non-hydrogen) atoms. The van der Waals surface area contributed by atoms with Gasteiger partial charge in [0.25, 0.3) is 0 Å². The summed E-state index contributed by atoms with van der Waals surface area (Å²) in [6.07, 6.45) is 3.73. The fourth-order valence-electron chi connectivity index (χ4n) is 7.06. The van der Waals surface area contributed by atoms with Crippen LogP contribution in [0.1, 0.15) is 49.0 Å². The Hall–Kier alpha value is -5.04. The first-order valence-corrected chi connectivity index (χ1v) is 13.8. The Labute approximate surface area is 242 Å². The molecule has 208 valence electrons. The Morgan fingerprint density at radius 2 is 1.62 bits per heavy atom. The first kappa shape index (κ1) is 25.9.